The fourth-order valence-electron chi connectivity index (χ4n) is 2.73. The average Bonchev–Trinajstić information content (AvgIpc) is 3.05. The largest absolute Gasteiger partial charge is 0.468 e. The Kier molecular flexibility index (Phi) is 4.97. The van der Waals surface area contributed by atoms with E-state index in [1.165, 1.54) is 11.7 Å². The minimum atomic E-state index is -0.506. The van der Waals surface area contributed by atoms with Crippen LogP contribution in [-0.2, 0) is 10.3 Å². The van der Waals surface area contributed by atoms with Crippen LogP contribution in [0.25, 0.3) is 0 Å². The van der Waals surface area contributed by atoms with Gasteiger partial charge in [0.15, 0.2) is 0 Å². The lowest BCUT2D eigenvalue weighted by molar-refractivity contribution is -0.129. The second kappa shape index (κ2) is 6.60. The second-order valence-corrected chi connectivity index (χ2v) is 6.62. The van der Waals surface area contributed by atoms with Gasteiger partial charge in [-0.05, 0) is 25.7 Å². The molecule has 0 aliphatic carbocycles. The van der Waals surface area contributed by atoms with Crippen LogP contribution >= 0.6 is 0 Å². The van der Waals surface area contributed by atoms with Crippen molar-refractivity contribution in [1.82, 2.24) is 19.8 Å². The van der Waals surface area contributed by atoms with E-state index in [0.29, 0.717) is 31.0 Å². The van der Waals surface area contributed by atoms with Crippen molar-refractivity contribution in [3.8, 4) is 6.01 Å². The highest BCUT2D eigenvalue weighted by Gasteiger charge is 2.43. The molecule has 7 nitrogen and oxygen atoms in total. The number of ether oxygens (including phenoxy) is 1. The molecule has 1 fully saturated rings. The summed E-state index contributed by atoms with van der Waals surface area (Å²) >= 11 is 0. The van der Waals surface area contributed by atoms with Crippen molar-refractivity contribution in [2.75, 3.05) is 20.7 Å². The number of nitrogens with zero attached hydrogens (tertiary/aromatic N) is 3. The second-order valence-electron chi connectivity index (χ2n) is 6.62. The molecule has 1 aromatic heterocycles. The first-order valence-electron chi connectivity index (χ1n) is 7.98. The highest BCUT2D eigenvalue weighted by molar-refractivity contribution is 5.80. The predicted octanol–water partition coefficient (Wildman–Crippen LogP) is 1.96. The summed E-state index contributed by atoms with van der Waals surface area (Å²) in [6, 6.07) is -0.0344. The maximum absolute atomic E-state index is 12.3. The Bertz CT molecular complexity index is 596. The van der Waals surface area contributed by atoms with Gasteiger partial charge in [-0.25, -0.2) is 9.36 Å². The third kappa shape index (κ3) is 3.33. The number of imidazole rings is 1. The summed E-state index contributed by atoms with van der Waals surface area (Å²) in [7, 11) is 3.25. The Morgan fingerprint density at radius 2 is 2.22 bits per heavy atom. The number of likely N-dealkylation sites (tertiary alicyclic amines) is 1. The van der Waals surface area contributed by atoms with E-state index < -0.39 is 5.54 Å². The van der Waals surface area contributed by atoms with Crippen molar-refractivity contribution in [3.05, 3.63) is 11.9 Å². The Balaban J connectivity index is 2.21. The summed E-state index contributed by atoms with van der Waals surface area (Å²) in [6.07, 6.45) is 3.74. The van der Waals surface area contributed by atoms with E-state index >= 15 is 0 Å². The molecule has 1 N–H and O–H groups in total. The van der Waals surface area contributed by atoms with Crippen molar-refractivity contribution in [2.24, 2.45) is 5.92 Å². The SMILES string of the molecule is COc1nc(C2(C)CCC(=O)N2C)cn1C(=O)NCCC(C)C. The van der Waals surface area contributed by atoms with Gasteiger partial charge in [0.2, 0.25) is 5.91 Å². The van der Waals surface area contributed by atoms with Gasteiger partial charge in [0, 0.05) is 26.2 Å². The van der Waals surface area contributed by atoms with Crippen molar-refractivity contribution >= 4 is 11.9 Å². The molecule has 2 heterocycles. The van der Waals surface area contributed by atoms with Gasteiger partial charge >= 0.3 is 12.0 Å². The summed E-state index contributed by atoms with van der Waals surface area (Å²) in [5.74, 6) is 0.606. The van der Waals surface area contributed by atoms with Crippen LogP contribution in [0.3, 0.4) is 0 Å². The first-order chi connectivity index (χ1) is 10.8. The molecule has 1 saturated heterocycles. The molecule has 1 aromatic rings. The fraction of sp³-hybridized carbons (Fsp3) is 0.688. The van der Waals surface area contributed by atoms with E-state index in [2.05, 4.69) is 24.1 Å². The van der Waals surface area contributed by atoms with E-state index in [1.807, 2.05) is 6.92 Å². The number of methoxy groups -OCH3 is 1. The molecular weight excluding hydrogens is 296 g/mol. The number of aromatic nitrogens is 2. The van der Waals surface area contributed by atoms with E-state index in [0.717, 1.165) is 6.42 Å². The number of rotatable bonds is 5. The molecule has 1 atom stereocenters. The van der Waals surface area contributed by atoms with Crippen LogP contribution in [0.15, 0.2) is 6.20 Å². The molecule has 1 aliphatic rings. The number of carbonyl (C=O) groups excluding carboxylic acids is 2. The van der Waals surface area contributed by atoms with Crippen molar-refractivity contribution in [3.63, 3.8) is 0 Å². The number of nitrogens with one attached hydrogen (secondary N) is 1. The molecule has 23 heavy (non-hydrogen) atoms. The van der Waals surface area contributed by atoms with Crippen LogP contribution in [0.1, 0.15) is 45.7 Å². The zero-order chi connectivity index (χ0) is 17.2. The lowest BCUT2D eigenvalue weighted by Crippen LogP contribution is -2.38. The van der Waals surface area contributed by atoms with Gasteiger partial charge < -0.3 is 15.0 Å². The molecule has 0 aromatic carbocycles. The molecule has 0 bridgehead atoms. The maximum atomic E-state index is 12.3. The summed E-state index contributed by atoms with van der Waals surface area (Å²) in [4.78, 5) is 30.3. The first-order valence-corrected chi connectivity index (χ1v) is 7.98. The Labute approximate surface area is 137 Å². The predicted molar refractivity (Wildman–Crippen MR) is 86.4 cm³/mol. The molecule has 7 heteroatoms. The van der Waals surface area contributed by atoms with E-state index in [1.54, 1.807) is 18.1 Å². The van der Waals surface area contributed by atoms with Crippen LogP contribution in [0, 0.1) is 5.92 Å². The summed E-state index contributed by atoms with van der Waals surface area (Å²) in [5.41, 5.74) is 0.162. The third-order valence-corrected chi connectivity index (χ3v) is 4.56. The van der Waals surface area contributed by atoms with Crippen LogP contribution in [0.4, 0.5) is 4.79 Å². The highest BCUT2D eigenvalue weighted by atomic mass is 16.5. The molecule has 1 unspecified atom stereocenters. The summed E-state index contributed by atoms with van der Waals surface area (Å²) in [5, 5.41) is 2.86. The van der Waals surface area contributed by atoms with Gasteiger partial charge in [0.05, 0.1) is 18.3 Å². The normalized spacial score (nSPS) is 21.1. The Morgan fingerprint density at radius 1 is 1.52 bits per heavy atom. The Morgan fingerprint density at radius 3 is 2.74 bits per heavy atom. The van der Waals surface area contributed by atoms with Crippen molar-refractivity contribution < 1.29 is 14.3 Å². The average molecular weight is 322 g/mol. The van der Waals surface area contributed by atoms with Gasteiger partial charge in [-0.1, -0.05) is 13.8 Å². The number of hydrogen-bond acceptors (Lipinski definition) is 4. The van der Waals surface area contributed by atoms with E-state index in [4.69, 9.17) is 4.74 Å². The molecule has 2 rings (SSSR count). The van der Waals surface area contributed by atoms with E-state index in [-0.39, 0.29) is 17.9 Å². The lowest BCUT2D eigenvalue weighted by Gasteiger charge is -2.30. The lowest BCUT2D eigenvalue weighted by atomic mass is 9.96. The quantitative estimate of drug-likeness (QED) is 0.899. The van der Waals surface area contributed by atoms with Crippen LogP contribution < -0.4 is 10.1 Å². The minimum Gasteiger partial charge on any atom is -0.468 e. The monoisotopic (exact) mass is 322 g/mol. The fourth-order valence-corrected chi connectivity index (χ4v) is 2.73. The minimum absolute atomic E-state index is 0.0856. The van der Waals surface area contributed by atoms with Crippen LogP contribution in [-0.4, -0.2) is 47.1 Å². The van der Waals surface area contributed by atoms with Gasteiger partial charge in [-0.2, -0.15) is 4.98 Å². The number of carbonyl (C=O) groups is 2. The Hall–Kier alpha value is -2.05. The molecule has 2 amide bonds. The molecule has 0 saturated carbocycles. The van der Waals surface area contributed by atoms with E-state index in [9.17, 15) is 9.59 Å². The highest BCUT2D eigenvalue weighted by Crippen LogP contribution is 2.38. The van der Waals surface area contributed by atoms with Crippen molar-refractivity contribution in [1.29, 1.82) is 0 Å². The summed E-state index contributed by atoms with van der Waals surface area (Å²) < 4.78 is 6.60. The molecule has 0 spiro atoms. The van der Waals surface area contributed by atoms with Gasteiger partial charge in [0.25, 0.3) is 0 Å². The molecule has 128 valence electrons. The van der Waals surface area contributed by atoms with Gasteiger partial charge in [-0.3, -0.25) is 4.79 Å². The number of hydrogen-bond donors (Lipinski definition) is 1. The van der Waals surface area contributed by atoms with Crippen molar-refractivity contribution in [2.45, 2.75) is 45.6 Å². The molecule has 0 radical (unpaired) electrons. The van der Waals surface area contributed by atoms with Gasteiger partial charge in [-0.15, -0.1) is 0 Å². The topological polar surface area (TPSA) is 76.5 Å². The van der Waals surface area contributed by atoms with Crippen LogP contribution in [0.5, 0.6) is 6.01 Å². The van der Waals surface area contributed by atoms with Gasteiger partial charge in [0.1, 0.15) is 0 Å². The molecule has 1 aliphatic heterocycles. The standard InChI is InChI=1S/C16H26N4O3/c1-11(2)7-9-17-14(22)20-10-12(18-15(20)23-5)16(3)8-6-13(21)19(16)4/h10-11H,6-9H2,1-5H3,(H,17,22). The van der Waals surface area contributed by atoms with Crippen LogP contribution in [0.2, 0.25) is 0 Å². The maximum Gasteiger partial charge on any atom is 0.329 e. The molecular formula is C16H26N4O3. The first kappa shape index (κ1) is 17.3. The summed E-state index contributed by atoms with van der Waals surface area (Å²) in [6.45, 7) is 6.77. The zero-order valence-electron chi connectivity index (χ0n) is 14.5. The third-order valence-electron chi connectivity index (χ3n) is 4.56. The number of amides is 2. The zero-order valence-corrected chi connectivity index (χ0v) is 14.5. The smallest absolute Gasteiger partial charge is 0.329 e.